The Bertz CT molecular complexity index is 1560. The van der Waals surface area contributed by atoms with E-state index in [9.17, 15) is 18.0 Å². The van der Waals surface area contributed by atoms with E-state index in [1.807, 2.05) is 0 Å². The highest BCUT2D eigenvalue weighted by Crippen LogP contribution is 2.47. The van der Waals surface area contributed by atoms with Gasteiger partial charge in [-0.15, -0.1) is 20.4 Å². The number of tetrazole rings is 1. The molecule has 40 heavy (non-hydrogen) atoms. The van der Waals surface area contributed by atoms with Crippen LogP contribution >= 0.6 is 11.6 Å². The van der Waals surface area contributed by atoms with Gasteiger partial charge < -0.3 is 19.3 Å². The number of aliphatic carboxylic acids is 1. The van der Waals surface area contributed by atoms with Gasteiger partial charge in [-0.2, -0.15) is 18.0 Å². The molecule has 0 saturated carbocycles. The maximum absolute atomic E-state index is 14.1. The first-order valence-electron chi connectivity index (χ1n) is 11.8. The Labute approximate surface area is 229 Å². The summed E-state index contributed by atoms with van der Waals surface area (Å²) in [6, 6.07) is 9.52. The summed E-state index contributed by atoms with van der Waals surface area (Å²) < 4.78 is 60.8. The van der Waals surface area contributed by atoms with Crippen LogP contribution in [0.2, 0.25) is 5.02 Å². The first-order valence-corrected chi connectivity index (χ1v) is 12.2. The molecule has 210 valence electrons. The van der Waals surface area contributed by atoms with E-state index in [1.54, 1.807) is 18.2 Å². The lowest BCUT2D eigenvalue weighted by molar-refractivity contribution is -0.146. The van der Waals surface area contributed by atoms with Crippen LogP contribution in [0.3, 0.4) is 0 Å². The SMILES string of the molecule is COc1cccc([C@@H]2O[C@@H](CCn3nnc(CC(=O)O)n3)c3nnc(C(F)(F)F)n3-c3ccc(Cl)cc32)c1OC. The predicted molar refractivity (Wildman–Crippen MR) is 130 cm³/mol. The van der Waals surface area contributed by atoms with E-state index in [-0.39, 0.29) is 35.3 Å². The molecule has 4 aromatic rings. The number of ether oxygens (including phenoxy) is 3. The maximum Gasteiger partial charge on any atom is 0.452 e. The van der Waals surface area contributed by atoms with Crippen LogP contribution in [0.5, 0.6) is 11.5 Å². The van der Waals surface area contributed by atoms with Gasteiger partial charge in [-0.1, -0.05) is 23.7 Å². The molecule has 3 heterocycles. The molecule has 12 nitrogen and oxygen atoms in total. The van der Waals surface area contributed by atoms with Crippen molar-refractivity contribution in [3.63, 3.8) is 0 Å². The Morgan fingerprint density at radius 2 is 1.93 bits per heavy atom. The number of methoxy groups -OCH3 is 2. The fourth-order valence-electron chi connectivity index (χ4n) is 4.53. The van der Waals surface area contributed by atoms with Crippen LogP contribution < -0.4 is 9.47 Å². The fraction of sp³-hybridized carbons (Fsp3) is 0.333. The number of para-hydroxylation sites is 1. The van der Waals surface area contributed by atoms with Crippen LogP contribution in [0.4, 0.5) is 13.2 Å². The molecule has 0 aliphatic carbocycles. The van der Waals surface area contributed by atoms with Crippen molar-refractivity contribution in [1.29, 1.82) is 0 Å². The van der Waals surface area contributed by atoms with Gasteiger partial charge >= 0.3 is 12.1 Å². The van der Waals surface area contributed by atoms with Crippen LogP contribution in [-0.2, 0) is 28.7 Å². The molecule has 1 aliphatic rings. The molecular weight excluding hydrogens is 559 g/mol. The number of aryl methyl sites for hydroxylation is 1. The number of carbonyl (C=O) groups is 1. The van der Waals surface area contributed by atoms with Gasteiger partial charge in [-0.05, 0) is 29.5 Å². The lowest BCUT2D eigenvalue weighted by Gasteiger charge is -2.25. The van der Waals surface area contributed by atoms with Gasteiger partial charge in [0.05, 0.1) is 26.5 Å². The van der Waals surface area contributed by atoms with Gasteiger partial charge in [-0.25, -0.2) is 0 Å². The predicted octanol–water partition coefficient (Wildman–Crippen LogP) is 3.82. The summed E-state index contributed by atoms with van der Waals surface area (Å²) in [5.41, 5.74) is 0.915. The summed E-state index contributed by atoms with van der Waals surface area (Å²) in [6.07, 6.45) is -7.28. The summed E-state index contributed by atoms with van der Waals surface area (Å²) in [5, 5.41) is 28.1. The molecule has 0 saturated heterocycles. The molecule has 2 aromatic carbocycles. The molecule has 0 fully saturated rings. The second-order valence-electron chi connectivity index (χ2n) is 8.67. The minimum absolute atomic E-state index is 0.0159. The number of carboxylic acid groups (broad SMARTS) is 1. The van der Waals surface area contributed by atoms with Crippen molar-refractivity contribution in [2.75, 3.05) is 14.2 Å². The fourth-order valence-corrected chi connectivity index (χ4v) is 4.71. The van der Waals surface area contributed by atoms with E-state index in [0.29, 0.717) is 22.6 Å². The van der Waals surface area contributed by atoms with Gasteiger partial charge in [0, 0.05) is 22.6 Å². The molecule has 1 N–H and O–H groups in total. The number of halogens is 4. The van der Waals surface area contributed by atoms with Crippen LogP contribution in [0.15, 0.2) is 36.4 Å². The average Bonchev–Trinajstić information content (AvgIpc) is 3.52. The van der Waals surface area contributed by atoms with E-state index >= 15 is 0 Å². The van der Waals surface area contributed by atoms with Crippen molar-refractivity contribution in [3.05, 3.63) is 70.0 Å². The molecule has 2 aromatic heterocycles. The number of alkyl halides is 3. The number of nitrogens with zero attached hydrogens (tertiary/aromatic N) is 7. The number of hydrogen-bond donors (Lipinski definition) is 1. The van der Waals surface area contributed by atoms with Gasteiger partial charge in [0.15, 0.2) is 23.1 Å². The number of aromatic nitrogens is 7. The van der Waals surface area contributed by atoms with E-state index in [0.717, 1.165) is 9.36 Å². The Morgan fingerprint density at radius 1 is 1.12 bits per heavy atom. The van der Waals surface area contributed by atoms with E-state index in [1.165, 1.54) is 32.4 Å². The molecule has 5 rings (SSSR count). The molecule has 1 aliphatic heterocycles. The quantitative estimate of drug-likeness (QED) is 0.328. The van der Waals surface area contributed by atoms with Crippen molar-refractivity contribution < 1.29 is 37.3 Å². The summed E-state index contributed by atoms with van der Waals surface area (Å²) in [5.74, 6) is -1.78. The Balaban J connectivity index is 1.65. The summed E-state index contributed by atoms with van der Waals surface area (Å²) >= 11 is 6.32. The lowest BCUT2D eigenvalue weighted by atomic mass is 9.98. The van der Waals surface area contributed by atoms with Crippen molar-refractivity contribution in [1.82, 2.24) is 35.0 Å². The average molecular weight is 580 g/mol. The highest BCUT2D eigenvalue weighted by atomic mass is 35.5. The molecule has 0 radical (unpaired) electrons. The zero-order valence-electron chi connectivity index (χ0n) is 21.0. The van der Waals surface area contributed by atoms with Crippen molar-refractivity contribution in [2.45, 2.75) is 37.8 Å². The molecule has 0 spiro atoms. The second-order valence-corrected chi connectivity index (χ2v) is 9.10. The third kappa shape index (κ3) is 5.16. The van der Waals surface area contributed by atoms with E-state index < -0.39 is 36.6 Å². The Morgan fingerprint density at radius 3 is 2.62 bits per heavy atom. The second kappa shape index (κ2) is 10.7. The first kappa shape index (κ1) is 27.3. The van der Waals surface area contributed by atoms with E-state index in [2.05, 4.69) is 25.6 Å². The van der Waals surface area contributed by atoms with Crippen molar-refractivity contribution in [2.24, 2.45) is 0 Å². The van der Waals surface area contributed by atoms with Crippen molar-refractivity contribution >= 4 is 17.6 Å². The zero-order valence-corrected chi connectivity index (χ0v) is 21.7. The standard InChI is InChI=1S/C24H21ClF3N7O5/c1-38-16-5-3-4-13(21(16)39-2)20-14-10-12(25)6-7-15(14)35-22(30-31-23(35)24(26,27)28)17(40-20)8-9-34-32-18(29-33-34)11-19(36)37/h3-7,10,17,20H,8-9,11H2,1-2H3,(H,36,37)/t17-,20-/m0/s1. The largest absolute Gasteiger partial charge is 0.493 e. The molecule has 2 atom stereocenters. The van der Waals surface area contributed by atoms with Gasteiger partial charge in [-0.3, -0.25) is 9.36 Å². The van der Waals surface area contributed by atoms with Gasteiger partial charge in [0.2, 0.25) is 5.82 Å². The molecule has 0 unspecified atom stereocenters. The van der Waals surface area contributed by atoms with Crippen LogP contribution in [0, 0.1) is 0 Å². The van der Waals surface area contributed by atoms with Crippen molar-refractivity contribution in [3.8, 4) is 17.2 Å². The van der Waals surface area contributed by atoms with Crippen LogP contribution in [0.25, 0.3) is 5.69 Å². The zero-order chi connectivity index (χ0) is 28.6. The van der Waals surface area contributed by atoms with E-state index in [4.69, 9.17) is 30.9 Å². The third-order valence-electron chi connectivity index (χ3n) is 6.15. The minimum Gasteiger partial charge on any atom is -0.493 e. The lowest BCUT2D eigenvalue weighted by Crippen LogP contribution is -2.17. The smallest absolute Gasteiger partial charge is 0.452 e. The first-order chi connectivity index (χ1) is 19.1. The van der Waals surface area contributed by atoms with Gasteiger partial charge in [0.25, 0.3) is 0 Å². The summed E-state index contributed by atoms with van der Waals surface area (Å²) in [6.45, 7) is 0.0184. The van der Waals surface area contributed by atoms with Crippen LogP contribution in [-0.4, -0.2) is 60.3 Å². The minimum atomic E-state index is -4.83. The number of fused-ring (bicyclic) bond motifs is 3. The molecule has 16 heteroatoms. The molecule has 0 amide bonds. The number of carboxylic acids is 1. The molecule has 0 bridgehead atoms. The topological polar surface area (TPSA) is 139 Å². The maximum atomic E-state index is 14.1. The van der Waals surface area contributed by atoms with Crippen LogP contribution in [0.1, 0.15) is 47.2 Å². The Hall–Kier alpha value is -4.24. The summed E-state index contributed by atoms with van der Waals surface area (Å²) in [4.78, 5) is 12.1. The van der Waals surface area contributed by atoms with Gasteiger partial charge in [0.1, 0.15) is 18.6 Å². The Kier molecular flexibility index (Phi) is 7.33. The highest BCUT2D eigenvalue weighted by Gasteiger charge is 2.43. The number of rotatable bonds is 8. The number of hydrogen-bond acceptors (Lipinski definition) is 9. The molecular formula is C24H21ClF3N7O5. The monoisotopic (exact) mass is 579 g/mol. The highest BCUT2D eigenvalue weighted by molar-refractivity contribution is 6.30. The summed E-state index contributed by atoms with van der Waals surface area (Å²) in [7, 11) is 2.90. The normalized spacial score (nSPS) is 16.6. The third-order valence-corrected chi connectivity index (χ3v) is 6.39. The number of benzene rings is 2.